The summed E-state index contributed by atoms with van der Waals surface area (Å²) in [5.74, 6) is 1.60. The number of anilines is 2. The lowest BCUT2D eigenvalue weighted by molar-refractivity contribution is 0.415. The Hall–Kier alpha value is -3.08. The molecule has 120 valence electrons. The summed E-state index contributed by atoms with van der Waals surface area (Å²) in [6, 6.07) is 12.1. The third-order valence-corrected chi connectivity index (χ3v) is 4.30. The summed E-state index contributed by atoms with van der Waals surface area (Å²) in [7, 11) is 1.66. The first kappa shape index (κ1) is 14.5. The highest BCUT2D eigenvalue weighted by Gasteiger charge is 2.11. The number of nitrogens with one attached hydrogen (secondary N) is 1. The summed E-state index contributed by atoms with van der Waals surface area (Å²) < 4.78 is 7.31. The number of aromatic nitrogens is 3. The van der Waals surface area contributed by atoms with Crippen LogP contribution in [0.15, 0.2) is 48.9 Å². The Balaban J connectivity index is 1.85. The smallest absolute Gasteiger partial charge is 0.158 e. The lowest BCUT2D eigenvalue weighted by Gasteiger charge is -2.11. The van der Waals surface area contributed by atoms with Crippen LogP contribution in [-0.2, 0) is 0 Å². The first-order valence-corrected chi connectivity index (χ1v) is 7.80. The van der Waals surface area contributed by atoms with Crippen molar-refractivity contribution in [2.24, 2.45) is 0 Å². The number of methoxy groups -OCH3 is 1. The summed E-state index contributed by atoms with van der Waals surface area (Å²) >= 11 is 0. The van der Waals surface area contributed by atoms with E-state index in [0.29, 0.717) is 0 Å². The van der Waals surface area contributed by atoms with Crippen LogP contribution in [0.25, 0.3) is 16.6 Å². The number of aryl methyl sites for hydroxylation is 2. The highest BCUT2D eigenvalue weighted by molar-refractivity contribution is 5.84. The second kappa shape index (κ2) is 5.53. The molecule has 2 aromatic carbocycles. The molecule has 1 N–H and O–H groups in total. The van der Waals surface area contributed by atoms with Gasteiger partial charge in [-0.25, -0.2) is 4.98 Å². The number of para-hydroxylation sites is 1. The Morgan fingerprint density at radius 3 is 2.54 bits per heavy atom. The van der Waals surface area contributed by atoms with E-state index >= 15 is 0 Å². The van der Waals surface area contributed by atoms with E-state index in [4.69, 9.17) is 4.74 Å². The van der Waals surface area contributed by atoms with Crippen LogP contribution >= 0.6 is 0 Å². The second-order valence-corrected chi connectivity index (χ2v) is 5.85. The van der Waals surface area contributed by atoms with Crippen molar-refractivity contribution in [1.82, 2.24) is 14.4 Å². The molecule has 4 aromatic rings. The molecule has 2 aromatic heterocycles. The predicted molar refractivity (Wildman–Crippen MR) is 96.2 cm³/mol. The summed E-state index contributed by atoms with van der Waals surface area (Å²) in [4.78, 5) is 9.10. The van der Waals surface area contributed by atoms with Crippen LogP contribution in [0, 0.1) is 13.8 Å². The number of ether oxygens (including phenoxy) is 1. The predicted octanol–water partition coefficient (Wildman–Crippen LogP) is 4.25. The Kier molecular flexibility index (Phi) is 3.34. The van der Waals surface area contributed by atoms with Gasteiger partial charge >= 0.3 is 0 Å². The van der Waals surface area contributed by atoms with Crippen molar-refractivity contribution in [2.45, 2.75) is 13.8 Å². The maximum atomic E-state index is 5.27. The zero-order valence-corrected chi connectivity index (χ0v) is 13.9. The molecule has 0 aliphatic carbocycles. The number of nitrogens with zero attached hydrogens (tertiary/aromatic N) is 3. The van der Waals surface area contributed by atoms with E-state index in [-0.39, 0.29) is 0 Å². The largest absolute Gasteiger partial charge is 0.497 e. The average Bonchev–Trinajstić information content (AvgIpc) is 3.01. The lowest BCUT2D eigenvalue weighted by atomic mass is 10.1. The first-order chi connectivity index (χ1) is 11.7. The Labute approximate surface area is 139 Å². The molecule has 0 spiro atoms. The van der Waals surface area contributed by atoms with E-state index in [2.05, 4.69) is 47.3 Å². The molecule has 0 aliphatic heterocycles. The number of hydrogen-bond acceptors (Lipinski definition) is 4. The number of imidazole rings is 1. The Morgan fingerprint density at radius 1 is 1.00 bits per heavy atom. The molecule has 0 atom stereocenters. The van der Waals surface area contributed by atoms with Crippen LogP contribution in [0.2, 0.25) is 0 Å². The summed E-state index contributed by atoms with van der Waals surface area (Å²) in [5.41, 5.74) is 6.28. The van der Waals surface area contributed by atoms with Crippen molar-refractivity contribution in [1.29, 1.82) is 0 Å². The van der Waals surface area contributed by atoms with E-state index in [0.717, 1.165) is 33.8 Å². The van der Waals surface area contributed by atoms with Crippen LogP contribution in [0.5, 0.6) is 5.75 Å². The molecule has 0 bridgehead atoms. The lowest BCUT2D eigenvalue weighted by Crippen LogP contribution is -1.97. The maximum Gasteiger partial charge on any atom is 0.158 e. The molecular formula is C19H18N4O. The summed E-state index contributed by atoms with van der Waals surface area (Å²) in [6.45, 7) is 4.18. The molecule has 24 heavy (non-hydrogen) atoms. The van der Waals surface area contributed by atoms with Crippen molar-refractivity contribution in [2.75, 3.05) is 12.4 Å². The van der Waals surface area contributed by atoms with E-state index in [1.807, 2.05) is 35.1 Å². The third kappa shape index (κ3) is 2.25. The van der Waals surface area contributed by atoms with E-state index < -0.39 is 0 Å². The van der Waals surface area contributed by atoms with Gasteiger partial charge in [0.25, 0.3) is 0 Å². The Morgan fingerprint density at radius 2 is 1.79 bits per heavy atom. The monoisotopic (exact) mass is 318 g/mol. The molecule has 0 unspecified atom stereocenters. The highest BCUT2D eigenvalue weighted by atomic mass is 16.5. The van der Waals surface area contributed by atoms with Crippen LogP contribution in [0.3, 0.4) is 0 Å². The molecular weight excluding hydrogens is 300 g/mol. The van der Waals surface area contributed by atoms with Gasteiger partial charge < -0.3 is 10.1 Å². The fraction of sp³-hybridized carbons (Fsp3) is 0.158. The zero-order chi connectivity index (χ0) is 16.7. The van der Waals surface area contributed by atoms with Gasteiger partial charge in [-0.15, -0.1) is 0 Å². The molecule has 4 rings (SSSR count). The molecule has 0 amide bonds. The molecule has 2 heterocycles. The van der Waals surface area contributed by atoms with Crippen LogP contribution in [-0.4, -0.2) is 21.5 Å². The maximum absolute atomic E-state index is 5.27. The number of fused-ring (bicyclic) bond motifs is 3. The number of hydrogen-bond donors (Lipinski definition) is 1. The SMILES string of the molecule is COc1ccc2c(c1)ncc1c(Nc3c(C)cccc3C)ncn12. The summed E-state index contributed by atoms with van der Waals surface area (Å²) in [6.07, 6.45) is 3.66. The van der Waals surface area contributed by atoms with Crippen molar-refractivity contribution in [3.8, 4) is 5.75 Å². The molecule has 0 saturated heterocycles. The van der Waals surface area contributed by atoms with Gasteiger partial charge in [0.1, 0.15) is 17.6 Å². The fourth-order valence-corrected chi connectivity index (χ4v) is 2.97. The van der Waals surface area contributed by atoms with E-state index in [1.54, 1.807) is 7.11 Å². The average molecular weight is 318 g/mol. The van der Waals surface area contributed by atoms with Crippen molar-refractivity contribution < 1.29 is 4.74 Å². The minimum atomic E-state index is 0.795. The minimum Gasteiger partial charge on any atom is -0.497 e. The third-order valence-electron chi connectivity index (χ3n) is 4.30. The van der Waals surface area contributed by atoms with E-state index in [1.165, 1.54) is 11.1 Å². The number of rotatable bonds is 3. The van der Waals surface area contributed by atoms with Crippen LogP contribution in [0.4, 0.5) is 11.5 Å². The summed E-state index contributed by atoms with van der Waals surface area (Å²) in [5, 5.41) is 3.45. The van der Waals surface area contributed by atoms with Gasteiger partial charge in [-0.3, -0.25) is 9.38 Å². The van der Waals surface area contributed by atoms with Crippen molar-refractivity contribution in [3.05, 3.63) is 60.0 Å². The van der Waals surface area contributed by atoms with Crippen LogP contribution in [0.1, 0.15) is 11.1 Å². The Bertz CT molecular complexity index is 1030. The number of benzene rings is 2. The molecule has 0 radical (unpaired) electrons. The van der Waals surface area contributed by atoms with Crippen LogP contribution < -0.4 is 10.1 Å². The topological polar surface area (TPSA) is 51.5 Å². The van der Waals surface area contributed by atoms with E-state index in [9.17, 15) is 0 Å². The van der Waals surface area contributed by atoms with Crippen molar-refractivity contribution in [3.63, 3.8) is 0 Å². The zero-order valence-electron chi connectivity index (χ0n) is 13.9. The molecule has 5 nitrogen and oxygen atoms in total. The quantitative estimate of drug-likeness (QED) is 0.613. The fourth-order valence-electron chi connectivity index (χ4n) is 2.97. The van der Waals surface area contributed by atoms with Gasteiger partial charge in [0.05, 0.1) is 24.3 Å². The van der Waals surface area contributed by atoms with Gasteiger partial charge in [-0.1, -0.05) is 18.2 Å². The second-order valence-electron chi connectivity index (χ2n) is 5.85. The van der Waals surface area contributed by atoms with Crippen molar-refractivity contribution >= 4 is 28.1 Å². The molecule has 0 fully saturated rings. The normalized spacial score (nSPS) is 11.1. The highest BCUT2D eigenvalue weighted by Crippen LogP contribution is 2.28. The van der Waals surface area contributed by atoms with Gasteiger partial charge in [0, 0.05) is 11.8 Å². The van der Waals surface area contributed by atoms with Gasteiger partial charge in [0.15, 0.2) is 5.82 Å². The van der Waals surface area contributed by atoms with Gasteiger partial charge in [-0.2, -0.15) is 0 Å². The molecule has 5 heteroatoms. The standard InChI is InChI=1S/C19H18N4O/c1-12-5-4-6-13(2)18(12)22-19-17-10-20-15-9-14(24-3)7-8-16(15)23(17)11-21-19/h4-11,22H,1-3H3. The first-order valence-electron chi connectivity index (χ1n) is 7.80. The molecule has 0 saturated carbocycles. The molecule has 0 aliphatic rings. The minimum absolute atomic E-state index is 0.795. The van der Waals surface area contributed by atoms with Gasteiger partial charge in [-0.05, 0) is 37.1 Å². The van der Waals surface area contributed by atoms with Gasteiger partial charge in [0.2, 0.25) is 0 Å².